The van der Waals surface area contributed by atoms with Crippen molar-refractivity contribution in [2.45, 2.75) is 6.18 Å². The summed E-state index contributed by atoms with van der Waals surface area (Å²) >= 11 is 1.28. The van der Waals surface area contributed by atoms with Gasteiger partial charge in [-0.25, -0.2) is 4.98 Å². The minimum Gasteiger partial charge on any atom is -0.304 e. The zero-order valence-corrected chi connectivity index (χ0v) is 12.7. The van der Waals surface area contributed by atoms with Crippen molar-refractivity contribution in [1.82, 2.24) is 15.2 Å². The van der Waals surface area contributed by atoms with Gasteiger partial charge in [-0.1, -0.05) is 12.1 Å². The Kier molecular flexibility index (Phi) is 4.26. The Morgan fingerprint density at radius 2 is 1.96 bits per heavy atom. The van der Waals surface area contributed by atoms with Crippen molar-refractivity contribution >= 4 is 23.1 Å². The number of anilines is 1. The second-order valence-corrected chi connectivity index (χ2v) is 5.43. The summed E-state index contributed by atoms with van der Waals surface area (Å²) in [7, 11) is 0. The Bertz CT molecular complexity index is 848. The number of hydrogen-bond donors (Lipinski definition) is 1. The van der Waals surface area contributed by atoms with Crippen LogP contribution in [-0.4, -0.2) is 21.1 Å². The van der Waals surface area contributed by atoms with Crippen LogP contribution >= 0.6 is 11.3 Å². The Morgan fingerprint density at radius 1 is 1.12 bits per heavy atom. The lowest BCUT2D eigenvalue weighted by molar-refractivity contribution is -0.137. The molecular weight excluding hydrogens is 341 g/mol. The first-order chi connectivity index (χ1) is 11.4. The van der Waals surface area contributed by atoms with E-state index in [1.807, 2.05) is 0 Å². The maximum absolute atomic E-state index is 12.7. The Balaban J connectivity index is 1.79. The van der Waals surface area contributed by atoms with Crippen molar-refractivity contribution in [3.05, 3.63) is 58.5 Å². The topological polar surface area (TPSA) is 67.8 Å². The van der Waals surface area contributed by atoms with Crippen LogP contribution in [0.3, 0.4) is 0 Å². The molecule has 0 saturated heterocycles. The number of nitrogens with one attached hydrogen (secondary N) is 1. The van der Waals surface area contributed by atoms with Gasteiger partial charge in [-0.2, -0.15) is 13.2 Å². The highest BCUT2D eigenvalue weighted by Gasteiger charge is 2.30. The fourth-order valence-corrected chi connectivity index (χ4v) is 2.44. The Morgan fingerprint density at radius 3 is 2.58 bits per heavy atom. The summed E-state index contributed by atoms with van der Waals surface area (Å²) in [6.07, 6.45) is -4.43. The van der Waals surface area contributed by atoms with Crippen molar-refractivity contribution in [2.75, 3.05) is 5.32 Å². The minimum absolute atomic E-state index is 0.184. The second-order valence-electron chi connectivity index (χ2n) is 4.71. The van der Waals surface area contributed by atoms with Crippen LogP contribution in [0.15, 0.2) is 47.3 Å². The van der Waals surface area contributed by atoms with E-state index >= 15 is 0 Å². The number of rotatable bonds is 3. The molecule has 0 fully saturated rings. The summed E-state index contributed by atoms with van der Waals surface area (Å²) in [4.78, 5) is 15.7. The van der Waals surface area contributed by atoms with E-state index in [0.29, 0.717) is 0 Å². The van der Waals surface area contributed by atoms with Crippen molar-refractivity contribution in [2.24, 2.45) is 0 Å². The van der Waals surface area contributed by atoms with E-state index in [0.717, 1.165) is 12.1 Å². The number of aromatic nitrogens is 3. The zero-order valence-electron chi connectivity index (χ0n) is 11.9. The smallest absolute Gasteiger partial charge is 0.304 e. The number of amides is 1. The number of nitrogens with zero attached hydrogens (tertiary/aromatic N) is 3. The Hall–Kier alpha value is -2.81. The molecule has 0 unspecified atom stereocenters. The first-order valence-corrected chi connectivity index (χ1v) is 7.59. The molecule has 0 bridgehead atoms. The average Bonchev–Trinajstić information content (AvgIpc) is 3.09. The zero-order chi connectivity index (χ0) is 17.2. The Labute approximate surface area is 138 Å². The van der Waals surface area contributed by atoms with Gasteiger partial charge in [0.1, 0.15) is 5.69 Å². The first kappa shape index (κ1) is 16.1. The van der Waals surface area contributed by atoms with E-state index in [1.165, 1.54) is 41.1 Å². The summed E-state index contributed by atoms with van der Waals surface area (Å²) in [5.74, 6) is -0.249. The highest BCUT2D eigenvalue weighted by molar-refractivity contribution is 7.07. The van der Waals surface area contributed by atoms with Crippen LogP contribution in [0.25, 0.3) is 11.3 Å². The van der Waals surface area contributed by atoms with Crippen LogP contribution < -0.4 is 5.32 Å². The van der Waals surface area contributed by atoms with Gasteiger partial charge >= 0.3 is 6.18 Å². The number of hydrogen-bond acceptors (Lipinski definition) is 5. The van der Waals surface area contributed by atoms with Crippen LogP contribution in [0.5, 0.6) is 0 Å². The molecule has 0 radical (unpaired) electrons. The SMILES string of the molecule is O=C(Nc1ccc(-c2cccc(C(F)(F)F)c2)nn1)c1cscn1. The molecule has 1 N–H and O–H groups in total. The summed E-state index contributed by atoms with van der Waals surface area (Å²) in [5.41, 5.74) is 1.58. The highest BCUT2D eigenvalue weighted by Crippen LogP contribution is 2.31. The predicted molar refractivity (Wildman–Crippen MR) is 82.5 cm³/mol. The molecule has 2 heterocycles. The van der Waals surface area contributed by atoms with E-state index in [4.69, 9.17) is 0 Å². The third-order valence-corrected chi connectivity index (χ3v) is 3.64. The van der Waals surface area contributed by atoms with Gasteiger partial charge in [0.15, 0.2) is 5.82 Å². The van der Waals surface area contributed by atoms with E-state index in [-0.39, 0.29) is 22.8 Å². The molecule has 0 spiro atoms. The van der Waals surface area contributed by atoms with Crippen LogP contribution in [0.2, 0.25) is 0 Å². The molecule has 122 valence electrons. The van der Waals surface area contributed by atoms with Crippen LogP contribution in [0, 0.1) is 0 Å². The quantitative estimate of drug-likeness (QED) is 0.779. The molecule has 0 saturated carbocycles. The molecule has 9 heteroatoms. The fourth-order valence-electron chi connectivity index (χ4n) is 1.91. The number of halogens is 3. The molecule has 24 heavy (non-hydrogen) atoms. The van der Waals surface area contributed by atoms with Crippen molar-refractivity contribution in [1.29, 1.82) is 0 Å². The van der Waals surface area contributed by atoms with Crippen LogP contribution in [-0.2, 0) is 6.18 Å². The van der Waals surface area contributed by atoms with E-state index < -0.39 is 17.6 Å². The van der Waals surface area contributed by atoms with Gasteiger partial charge in [-0.15, -0.1) is 21.5 Å². The van der Waals surface area contributed by atoms with Crippen LogP contribution in [0.1, 0.15) is 16.1 Å². The molecule has 0 atom stereocenters. The lowest BCUT2D eigenvalue weighted by Crippen LogP contribution is -2.13. The molecule has 5 nitrogen and oxygen atoms in total. The van der Waals surface area contributed by atoms with E-state index in [1.54, 1.807) is 5.38 Å². The number of thiazole rings is 1. The van der Waals surface area contributed by atoms with Crippen molar-refractivity contribution < 1.29 is 18.0 Å². The molecule has 3 aromatic rings. The standard InChI is InChI=1S/C15H9F3N4OS/c16-15(17,18)10-3-1-2-9(6-10)11-4-5-13(22-21-11)20-14(23)12-7-24-8-19-12/h1-8H,(H,20,22,23). The second kappa shape index (κ2) is 6.36. The molecule has 1 amide bonds. The first-order valence-electron chi connectivity index (χ1n) is 6.64. The average molecular weight is 350 g/mol. The molecule has 3 rings (SSSR count). The molecule has 0 aliphatic rings. The predicted octanol–water partition coefficient (Wildman–Crippen LogP) is 3.87. The maximum atomic E-state index is 12.7. The summed E-state index contributed by atoms with van der Waals surface area (Å²) in [6.45, 7) is 0. The molecule has 1 aromatic carbocycles. The fraction of sp³-hybridized carbons (Fsp3) is 0.0667. The monoisotopic (exact) mass is 350 g/mol. The lowest BCUT2D eigenvalue weighted by Gasteiger charge is -2.08. The molecule has 0 aliphatic carbocycles. The van der Waals surface area contributed by atoms with E-state index in [2.05, 4.69) is 20.5 Å². The lowest BCUT2D eigenvalue weighted by atomic mass is 10.1. The maximum Gasteiger partial charge on any atom is 0.416 e. The van der Waals surface area contributed by atoms with Crippen molar-refractivity contribution in [3.8, 4) is 11.3 Å². The van der Waals surface area contributed by atoms with Gasteiger partial charge in [0, 0.05) is 10.9 Å². The van der Waals surface area contributed by atoms with Gasteiger partial charge < -0.3 is 5.32 Å². The van der Waals surface area contributed by atoms with Gasteiger partial charge in [0.25, 0.3) is 5.91 Å². The minimum atomic E-state index is -4.43. The van der Waals surface area contributed by atoms with Gasteiger partial charge in [0.2, 0.25) is 0 Å². The molecule has 0 aliphatic heterocycles. The highest BCUT2D eigenvalue weighted by atomic mass is 32.1. The van der Waals surface area contributed by atoms with Gasteiger partial charge in [-0.05, 0) is 24.3 Å². The molecule has 2 aromatic heterocycles. The summed E-state index contributed by atoms with van der Waals surface area (Å²) in [5, 5.41) is 11.8. The summed E-state index contributed by atoms with van der Waals surface area (Å²) < 4.78 is 38.2. The number of carbonyl (C=O) groups excluding carboxylic acids is 1. The molecular formula is C15H9F3N4OS. The van der Waals surface area contributed by atoms with Gasteiger partial charge in [0.05, 0.1) is 16.8 Å². The van der Waals surface area contributed by atoms with E-state index in [9.17, 15) is 18.0 Å². The number of benzene rings is 1. The summed E-state index contributed by atoms with van der Waals surface area (Å²) in [6, 6.07) is 7.74. The van der Waals surface area contributed by atoms with Crippen LogP contribution in [0.4, 0.5) is 19.0 Å². The largest absolute Gasteiger partial charge is 0.416 e. The third-order valence-electron chi connectivity index (χ3n) is 3.06. The van der Waals surface area contributed by atoms with Gasteiger partial charge in [-0.3, -0.25) is 4.79 Å². The third kappa shape index (κ3) is 3.57. The van der Waals surface area contributed by atoms with Crippen molar-refractivity contribution in [3.63, 3.8) is 0 Å². The number of alkyl halides is 3. The normalized spacial score (nSPS) is 11.3. The number of carbonyl (C=O) groups is 1.